The number of aryl methyl sites for hydroxylation is 1. The summed E-state index contributed by atoms with van der Waals surface area (Å²) in [7, 11) is 0. The number of hydrogen-bond donors (Lipinski definition) is 1. The van der Waals surface area contributed by atoms with Crippen LogP contribution < -0.4 is 29.0 Å². The normalized spacial score (nSPS) is 9.62. The molecule has 13 heavy (non-hydrogen) atoms. The molecule has 0 saturated heterocycles. The number of pyridine rings is 1. The van der Waals surface area contributed by atoms with Gasteiger partial charge in [0.05, 0.1) is 5.39 Å². The average Bonchev–Trinajstić information content (AvgIpc) is 2.04. The van der Waals surface area contributed by atoms with Crippen LogP contribution in [0.15, 0.2) is 30.3 Å². The van der Waals surface area contributed by atoms with Crippen LogP contribution >= 0.6 is 0 Å². The predicted octanol–water partition coefficient (Wildman–Crippen LogP) is -1.33. The number of nitrogens with one attached hydrogen (secondary N) is 1. The number of benzene rings is 1. The Morgan fingerprint density at radius 3 is 2.69 bits per heavy atom. The highest BCUT2D eigenvalue weighted by Crippen LogP contribution is 2.20. The molecule has 0 aliphatic carbocycles. The van der Waals surface area contributed by atoms with Gasteiger partial charge >= 0.3 is 0 Å². The average molecular weight is 287 g/mol. The lowest BCUT2D eigenvalue weighted by Crippen LogP contribution is -3.00. The Morgan fingerprint density at radius 1 is 1.23 bits per heavy atom. The van der Waals surface area contributed by atoms with E-state index in [9.17, 15) is 5.11 Å². The van der Waals surface area contributed by atoms with Gasteiger partial charge in [-0.2, -0.15) is 0 Å². The fourth-order valence-electron chi connectivity index (χ4n) is 1.35. The lowest BCUT2D eigenvalue weighted by Gasteiger charge is -1.95. The predicted molar refractivity (Wildman–Crippen MR) is 46.9 cm³/mol. The van der Waals surface area contributed by atoms with Crippen LogP contribution in [0.3, 0.4) is 0 Å². The first-order chi connectivity index (χ1) is 5.77. The molecule has 2 nitrogen and oxygen atoms in total. The van der Waals surface area contributed by atoms with Crippen LogP contribution in [0.5, 0.6) is 5.75 Å². The van der Waals surface area contributed by atoms with Crippen LogP contribution in [-0.2, 0) is 0 Å². The van der Waals surface area contributed by atoms with Crippen LogP contribution in [0, 0.1) is 6.92 Å². The molecule has 0 saturated carbocycles. The topological polar surface area (TPSA) is 34.4 Å². The highest BCUT2D eigenvalue weighted by molar-refractivity contribution is 5.81. The molecule has 1 aromatic carbocycles. The van der Waals surface area contributed by atoms with E-state index in [0.717, 1.165) is 16.6 Å². The Hall–Kier alpha value is -0.840. The number of aromatic hydroxyl groups is 1. The van der Waals surface area contributed by atoms with Crippen molar-refractivity contribution in [3.8, 4) is 5.75 Å². The molecule has 68 valence electrons. The van der Waals surface area contributed by atoms with E-state index in [1.807, 2.05) is 31.2 Å². The maximum atomic E-state index is 9.53. The fourth-order valence-corrected chi connectivity index (χ4v) is 1.35. The van der Waals surface area contributed by atoms with Crippen molar-refractivity contribution in [3.63, 3.8) is 0 Å². The van der Waals surface area contributed by atoms with Gasteiger partial charge in [-0.25, -0.2) is 4.98 Å². The molecule has 0 spiro atoms. The monoisotopic (exact) mass is 287 g/mol. The van der Waals surface area contributed by atoms with Gasteiger partial charge in [0, 0.05) is 19.1 Å². The summed E-state index contributed by atoms with van der Waals surface area (Å²) in [6, 6.07) is 9.41. The van der Waals surface area contributed by atoms with E-state index in [0.29, 0.717) is 5.75 Å². The minimum absolute atomic E-state index is 0. The molecule has 0 amide bonds. The molecule has 0 bridgehead atoms. The number of H-pyrrole nitrogens is 1. The zero-order valence-corrected chi connectivity index (χ0v) is 9.37. The smallest absolute Gasteiger partial charge is 0.214 e. The Kier molecular flexibility index (Phi) is 3.08. The summed E-state index contributed by atoms with van der Waals surface area (Å²) < 4.78 is 0. The van der Waals surface area contributed by atoms with Crippen molar-refractivity contribution in [2.45, 2.75) is 6.92 Å². The molecular weight excluding hydrogens is 277 g/mol. The fraction of sp³-hybridized carbons (Fsp3) is 0.100. The molecule has 2 N–H and O–H groups in total. The van der Waals surface area contributed by atoms with Gasteiger partial charge in [0.1, 0.15) is 5.75 Å². The largest absolute Gasteiger partial charge is 1.00 e. The van der Waals surface area contributed by atoms with E-state index in [2.05, 4.69) is 4.98 Å². The van der Waals surface area contributed by atoms with Crippen molar-refractivity contribution in [3.05, 3.63) is 36.0 Å². The first-order valence-corrected chi connectivity index (χ1v) is 3.88. The summed E-state index contributed by atoms with van der Waals surface area (Å²) in [6.07, 6.45) is 0. The minimum Gasteiger partial charge on any atom is -1.00 e. The lowest BCUT2D eigenvalue weighted by molar-refractivity contribution is -0.354. The number of rotatable bonds is 0. The van der Waals surface area contributed by atoms with Crippen LogP contribution in [0.2, 0.25) is 0 Å². The summed E-state index contributed by atoms with van der Waals surface area (Å²) >= 11 is 0. The number of fused-ring (bicyclic) bond motifs is 1. The van der Waals surface area contributed by atoms with Crippen molar-refractivity contribution in [1.82, 2.24) is 0 Å². The summed E-state index contributed by atoms with van der Waals surface area (Å²) in [5.74, 6) is 0.335. The van der Waals surface area contributed by atoms with Crippen molar-refractivity contribution >= 4 is 10.9 Å². The highest BCUT2D eigenvalue weighted by atomic mass is 127. The van der Waals surface area contributed by atoms with Crippen molar-refractivity contribution < 1.29 is 34.1 Å². The molecule has 2 rings (SSSR count). The van der Waals surface area contributed by atoms with Crippen LogP contribution in [0.25, 0.3) is 10.9 Å². The zero-order valence-electron chi connectivity index (χ0n) is 7.21. The minimum atomic E-state index is 0. The molecular formula is C10H10INO. The first-order valence-electron chi connectivity index (χ1n) is 3.88. The van der Waals surface area contributed by atoms with Gasteiger partial charge in [-0.15, -0.1) is 0 Å². The molecule has 0 aliphatic heterocycles. The van der Waals surface area contributed by atoms with Gasteiger partial charge in [-0.05, 0) is 6.07 Å². The SMILES string of the molecule is Cc1cc(O)c2ccccc2[nH+]1.[I-]. The Morgan fingerprint density at radius 2 is 1.92 bits per heavy atom. The second kappa shape index (κ2) is 3.91. The summed E-state index contributed by atoms with van der Waals surface area (Å²) in [5.41, 5.74) is 1.93. The molecule has 0 atom stereocenters. The van der Waals surface area contributed by atoms with Gasteiger partial charge in [0.15, 0.2) is 5.69 Å². The third-order valence-electron chi connectivity index (χ3n) is 1.89. The maximum Gasteiger partial charge on any atom is 0.214 e. The summed E-state index contributed by atoms with van der Waals surface area (Å²) in [5, 5.41) is 10.4. The third-order valence-corrected chi connectivity index (χ3v) is 1.89. The van der Waals surface area contributed by atoms with Crippen LogP contribution in [0.1, 0.15) is 5.69 Å². The Labute approximate surface area is 93.6 Å². The van der Waals surface area contributed by atoms with Crippen molar-refractivity contribution in [2.75, 3.05) is 0 Å². The van der Waals surface area contributed by atoms with Gasteiger partial charge in [0.25, 0.3) is 0 Å². The van der Waals surface area contributed by atoms with Gasteiger partial charge in [-0.1, -0.05) is 12.1 Å². The van der Waals surface area contributed by atoms with Gasteiger partial charge in [0.2, 0.25) is 5.52 Å². The van der Waals surface area contributed by atoms with E-state index in [1.165, 1.54) is 0 Å². The molecule has 1 aromatic heterocycles. The molecule has 0 aliphatic rings. The summed E-state index contributed by atoms with van der Waals surface area (Å²) in [6.45, 7) is 1.92. The highest BCUT2D eigenvalue weighted by Gasteiger charge is 2.05. The van der Waals surface area contributed by atoms with Crippen LogP contribution in [-0.4, -0.2) is 5.11 Å². The quantitative estimate of drug-likeness (QED) is 0.599. The van der Waals surface area contributed by atoms with E-state index >= 15 is 0 Å². The molecule has 0 radical (unpaired) electrons. The second-order valence-corrected chi connectivity index (χ2v) is 2.88. The number of aromatic nitrogens is 1. The first kappa shape index (κ1) is 10.2. The van der Waals surface area contributed by atoms with Crippen LogP contribution in [0.4, 0.5) is 0 Å². The zero-order chi connectivity index (χ0) is 8.55. The van der Waals surface area contributed by atoms with E-state index in [1.54, 1.807) is 6.07 Å². The molecule has 0 fully saturated rings. The molecule has 3 heteroatoms. The van der Waals surface area contributed by atoms with Crippen molar-refractivity contribution in [1.29, 1.82) is 0 Å². The van der Waals surface area contributed by atoms with E-state index in [4.69, 9.17) is 0 Å². The number of hydrogen-bond acceptors (Lipinski definition) is 1. The van der Waals surface area contributed by atoms with Gasteiger partial charge in [-0.3, -0.25) is 0 Å². The third kappa shape index (κ3) is 1.91. The standard InChI is InChI=1S/C10H9NO.HI/c1-7-6-10(12)8-4-2-3-5-9(8)11-7;/h2-6H,1H3,(H,11,12);1H. The lowest BCUT2D eigenvalue weighted by atomic mass is 10.2. The number of halogens is 1. The Bertz CT molecular complexity index is 428. The molecule has 1 heterocycles. The number of aromatic amines is 1. The Balaban J connectivity index is 0.000000845. The van der Waals surface area contributed by atoms with E-state index in [-0.39, 0.29) is 24.0 Å². The summed E-state index contributed by atoms with van der Waals surface area (Å²) in [4.78, 5) is 3.17. The molecule has 0 unspecified atom stereocenters. The second-order valence-electron chi connectivity index (χ2n) is 2.88. The number of para-hydroxylation sites is 1. The molecule has 2 aromatic rings. The maximum absolute atomic E-state index is 9.53. The van der Waals surface area contributed by atoms with Crippen molar-refractivity contribution in [2.24, 2.45) is 0 Å². The van der Waals surface area contributed by atoms with E-state index < -0.39 is 0 Å². The van der Waals surface area contributed by atoms with Gasteiger partial charge < -0.3 is 29.1 Å².